The molecule has 0 saturated heterocycles. The van der Waals surface area contributed by atoms with Crippen molar-refractivity contribution in [3.63, 3.8) is 0 Å². The van der Waals surface area contributed by atoms with Gasteiger partial charge in [0.1, 0.15) is 34.2 Å². The molecule has 0 amide bonds. The maximum absolute atomic E-state index is 13.8. The lowest BCUT2D eigenvalue weighted by Crippen LogP contribution is -2.33. The van der Waals surface area contributed by atoms with Crippen LogP contribution in [0.1, 0.15) is 31.3 Å². The Morgan fingerprint density at radius 1 is 0.950 bits per heavy atom. The van der Waals surface area contributed by atoms with Crippen molar-refractivity contribution in [3.05, 3.63) is 60.2 Å². The number of nitrogens with one attached hydrogen (secondary N) is 1. The van der Waals surface area contributed by atoms with Crippen LogP contribution < -0.4 is 18.9 Å². The standard InChI is InChI=1S/C26H31N7O6S/c1-7-39-24(19-15-27-16(2)14-28-19)17(3)40(34,35)32-26-31-30-25(18-10-8-13-22(29-18)38-6)33(26)23-20(36-4)11-9-12-21(23)37-5/h8-15,17,24H,7H2,1-6H3,(H,31,32). The Hall–Kier alpha value is -4.30. The number of aryl methyl sites for hydroxylation is 1. The van der Waals surface area contributed by atoms with Gasteiger partial charge < -0.3 is 18.9 Å². The largest absolute Gasteiger partial charge is 0.494 e. The predicted octanol–water partition coefficient (Wildman–Crippen LogP) is 3.36. The first-order chi connectivity index (χ1) is 19.2. The molecule has 1 N–H and O–H groups in total. The predicted molar refractivity (Wildman–Crippen MR) is 147 cm³/mol. The number of hydrogen-bond acceptors (Lipinski definition) is 11. The molecule has 0 aliphatic carbocycles. The summed E-state index contributed by atoms with van der Waals surface area (Å²) in [6, 6.07) is 10.3. The third-order valence-electron chi connectivity index (χ3n) is 6.04. The number of hydrogen-bond donors (Lipinski definition) is 1. The average Bonchev–Trinajstić information content (AvgIpc) is 3.37. The van der Waals surface area contributed by atoms with Crippen molar-refractivity contribution in [2.45, 2.75) is 32.1 Å². The molecule has 2 atom stereocenters. The summed E-state index contributed by atoms with van der Waals surface area (Å²) in [7, 11) is 0.344. The van der Waals surface area contributed by atoms with E-state index in [2.05, 4.69) is 29.9 Å². The molecule has 212 valence electrons. The van der Waals surface area contributed by atoms with Gasteiger partial charge in [0.15, 0.2) is 5.82 Å². The molecule has 3 aromatic heterocycles. The van der Waals surface area contributed by atoms with E-state index in [4.69, 9.17) is 18.9 Å². The van der Waals surface area contributed by atoms with E-state index in [1.165, 1.54) is 39.0 Å². The van der Waals surface area contributed by atoms with Gasteiger partial charge in [-0.1, -0.05) is 12.1 Å². The van der Waals surface area contributed by atoms with E-state index in [9.17, 15) is 8.42 Å². The number of methoxy groups -OCH3 is 3. The van der Waals surface area contributed by atoms with Crippen LogP contribution in [0.25, 0.3) is 17.2 Å². The monoisotopic (exact) mass is 569 g/mol. The number of ether oxygens (including phenoxy) is 4. The number of benzene rings is 1. The van der Waals surface area contributed by atoms with Crippen molar-refractivity contribution >= 4 is 16.0 Å². The number of anilines is 1. The zero-order valence-corrected chi connectivity index (χ0v) is 23.8. The number of rotatable bonds is 12. The van der Waals surface area contributed by atoms with Crippen LogP contribution >= 0.6 is 0 Å². The van der Waals surface area contributed by atoms with Gasteiger partial charge in [-0.2, -0.15) is 0 Å². The quantitative estimate of drug-likeness (QED) is 0.267. The number of aromatic nitrogens is 6. The van der Waals surface area contributed by atoms with E-state index in [0.717, 1.165) is 0 Å². The molecule has 1 aromatic carbocycles. The first-order valence-electron chi connectivity index (χ1n) is 12.3. The van der Waals surface area contributed by atoms with Crippen LogP contribution in [-0.4, -0.2) is 71.3 Å². The molecule has 3 heterocycles. The Balaban J connectivity index is 1.85. The molecule has 0 radical (unpaired) electrons. The van der Waals surface area contributed by atoms with E-state index in [1.807, 2.05) is 0 Å². The normalized spacial score (nSPS) is 12.9. The van der Waals surface area contributed by atoms with Crippen LogP contribution in [0.15, 0.2) is 48.8 Å². The first kappa shape index (κ1) is 28.7. The van der Waals surface area contributed by atoms with Crippen molar-refractivity contribution in [3.8, 4) is 34.6 Å². The van der Waals surface area contributed by atoms with Gasteiger partial charge in [0.25, 0.3) is 0 Å². The highest BCUT2D eigenvalue weighted by atomic mass is 32.2. The third-order valence-corrected chi connectivity index (χ3v) is 7.73. The van der Waals surface area contributed by atoms with Gasteiger partial charge >= 0.3 is 0 Å². The molecule has 4 aromatic rings. The zero-order valence-electron chi connectivity index (χ0n) is 23.0. The zero-order chi connectivity index (χ0) is 28.9. The van der Waals surface area contributed by atoms with Crippen LogP contribution in [0.2, 0.25) is 0 Å². The smallest absolute Gasteiger partial charge is 0.243 e. The maximum Gasteiger partial charge on any atom is 0.243 e. The van der Waals surface area contributed by atoms with Gasteiger partial charge in [-0.3, -0.25) is 19.3 Å². The Morgan fingerprint density at radius 3 is 2.25 bits per heavy atom. The van der Waals surface area contributed by atoms with Crippen LogP contribution in [0.5, 0.6) is 17.4 Å². The van der Waals surface area contributed by atoms with Gasteiger partial charge in [-0.15, -0.1) is 10.2 Å². The van der Waals surface area contributed by atoms with Crippen LogP contribution in [0.3, 0.4) is 0 Å². The minimum atomic E-state index is -4.14. The summed E-state index contributed by atoms with van der Waals surface area (Å²) < 4.78 is 53.9. The van der Waals surface area contributed by atoms with Crippen LogP contribution in [0, 0.1) is 6.92 Å². The molecule has 40 heavy (non-hydrogen) atoms. The van der Waals surface area contributed by atoms with E-state index >= 15 is 0 Å². The molecular weight excluding hydrogens is 538 g/mol. The molecule has 14 heteroatoms. The molecule has 0 bridgehead atoms. The fourth-order valence-corrected chi connectivity index (χ4v) is 5.12. The Labute approximate surface area is 232 Å². The summed E-state index contributed by atoms with van der Waals surface area (Å²) in [6.45, 7) is 5.36. The summed E-state index contributed by atoms with van der Waals surface area (Å²) in [4.78, 5) is 13.1. The lowest BCUT2D eigenvalue weighted by atomic mass is 10.2. The van der Waals surface area contributed by atoms with E-state index in [0.29, 0.717) is 40.1 Å². The summed E-state index contributed by atoms with van der Waals surface area (Å²) >= 11 is 0. The minimum absolute atomic E-state index is 0.112. The lowest BCUT2D eigenvalue weighted by molar-refractivity contribution is 0.0588. The van der Waals surface area contributed by atoms with Crippen molar-refractivity contribution < 1.29 is 27.4 Å². The second kappa shape index (κ2) is 12.3. The van der Waals surface area contributed by atoms with Gasteiger partial charge in [-0.05, 0) is 39.0 Å². The highest BCUT2D eigenvalue weighted by molar-refractivity contribution is 7.93. The second-order valence-corrected chi connectivity index (χ2v) is 10.6. The SMILES string of the molecule is CCOC(c1cnc(C)cn1)C(C)S(=O)(=O)Nc1nnc(-c2cccc(OC)n2)n1-c1c(OC)cccc1OC. The molecule has 4 rings (SSSR count). The lowest BCUT2D eigenvalue weighted by Gasteiger charge is -2.24. The Kier molecular flexibility index (Phi) is 8.80. The fourth-order valence-electron chi connectivity index (χ4n) is 4.01. The van der Waals surface area contributed by atoms with E-state index in [1.54, 1.807) is 56.4 Å². The second-order valence-electron chi connectivity index (χ2n) is 8.57. The van der Waals surface area contributed by atoms with Crippen molar-refractivity contribution in [2.75, 3.05) is 32.7 Å². The highest BCUT2D eigenvalue weighted by Crippen LogP contribution is 2.38. The first-order valence-corrected chi connectivity index (χ1v) is 13.9. The van der Waals surface area contributed by atoms with Crippen LogP contribution in [0.4, 0.5) is 5.95 Å². The van der Waals surface area contributed by atoms with Gasteiger partial charge in [0, 0.05) is 18.9 Å². The Morgan fingerprint density at radius 2 is 1.65 bits per heavy atom. The summed E-state index contributed by atoms with van der Waals surface area (Å²) in [5.41, 5.74) is 1.83. The van der Waals surface area contributed by atoms with E-state index < -0.39 is 21.4 Å². The van der Waals surface area contributed by atoms with Gasteiger partial charge in [-0.25, -0.2) is 13.4 Å². The molecule has 0 aliphatic rings. The van der Waals surface area contributed by atoms with Gasteiger partial charge in [0.05, 0.1) is 38.9 Å². The molecule has 0 aliphatic heterocycles. The molecule has 0 saturated carbocycles. The topological polar surface area (TPSA) is 152 Å². The van der Waals surface area contributed by atoms with Crippen LogP contribution in [-0.2, 0) is 14.8 Å². The summed E-state index contributed by atoms with van der Waals surface area (Å²) in [6.07, 6.45) is 2.18. The number of sulfonamides is 1. The average molecular weight is 570 g/mol. The molecule has 0 fully saturated rings. The van der Waals surface area contributed by atoms with E-state index in [-0.39, 0.29) is 18.4 Å². The van der Waals surface area contributed by atoms with Crippen molar-refractivity contribution in [1.82, 2.24) is 29.7 Å². The minimum Gasteiger partial charge on any atom is -0.494 e. The third kappa shape index (κ3) is 5.82. The number of nitrogens with zero attached hydrogens (tertiary/aromatic N) is 6. The molecule has 2 unspecified atom stereocenters. The van der Waals surface area contributed by atoms with Crippen molar-refractivity contribution in [1.29, 1.82) is 0 Å². The highest BCUT2D eigenvalue weighted by Gasteiger charge is 2.35. The molecular formula is C26H31N7O6S. The molecule has 13 nitrogen and oxygen atoms in total. The molecule has 0 spiro atoms. The fraction of sp³-hybridized carbons (Fsp3) is 0.346. The number of pyridine rings is 1. The Bertz CT molecular complexity index is 1540. The maximum atomic E-state index is 13.8. The van der Waals surface area contributed by atoms with Crippen molar-refractivity contribution in [2.24, 2.45) is 0 Å². The number of para-hydroxylation sites is 1. The summed E-state index contributed by atoms with van der Waals surface area (Å²) in [5, 5.41) is 7.39. The van der Waals surface area contributed by atoms with Gasteiger partial charge in [0.2, 0.25) is 21.9 Å². The summed E-state index contributed by atoms with van der Waals surface area (Å²) in [5.74, 6) is 1.23.